The maximum absolute atomic E-state index is 12.1. The Balaban J connectivity index is 1.48. The molecule has 3 aliphatic rings. The number of primary amides is 1. The highest BCUT2D eigenvalue weighted by molar-refractivity contribution is 5.81. The van der Waals surface area contributed by atoms with Crippen LogP contribution in [-0.4, -0.2) is 35.5 Å². The van der Waals surface area contributed by atoms with Crippen molar-refractivity contribution in [2.75, 3.05) is 0 Å². The van der Waals surface area contributed by atoms with Gasteiger partial charge in [-0.1, -0.05) is 6.07 Å². The van der Waals surface area contributed by atoms with E-state index in [2.05, 4.69) is 15.1 Å². The summed E-state index contributed by atoms with van der Waals surface area (Å²) in [5.41, 5.74) is 10.7. The number of nitrogens with two attached hydrogens (primary N) is 1. The van der Waals surface area contributed by atoms with Gasteiger partial charge in [0.25, 0.3) is 0 Å². The first-order valence-electron chi connectivity index (χ1n) is 11.1. The van der Waals surface area contributed by atoms with Crippen molar-refractivity contribution < 1.29 is 4.79 Å². The molecule has 4 aromatic rings. The van der Waals surface area contributed by atoms with Crippen LogP contribution in [0.2, 0.25) is 0 Å². The third-order valence-corrected chi connectivity index (χ3v) is 7.67. The van der Waals surface area contributed by atoms with E-state index in [-0.39, 0.29) is 16.7 Å². The zero-order valence-electron chi connectivity index (χ0n) is 18.0. The van der Waals surface area contributed by atoms with Crippen molar-refractivity contribution in [3.05, 3.63) is 54.4 Å². The summed E-state index contributed by atoms with van der Waals surface area (Å²) < 4.78 is 1.77. The summed E-state index contributed by atoms with van der Waals surface area (Å²) in [6.45, 7) is 1.99. The molecule has 3 N–H and O–H groups in total. The number of imidazole rings is 1. The Morgan fingerprint density at radius 2 is 1.84 bits per heavy atom. The minimum absolute atomic E-state index is 0.0502. The van der Waals surface area contributed by atoms with Gasteiger partial charge in [0, 0.05) is 28.3 Å². The number of carbonyl (C=O) groups excluding carboxylic acids is 1. The van der Waals surface area contributed by atoms with Gasteiger partial charge in [0.1, 0.15) is 17.8 Å². The van der Waals surface area contributed by atoms with Crippen molar-refractivity contribution in [3.63, 3.8) is 0 Å². The second-order valence-electron chi connectivity index (χ2n) is 9.38. The van der Waals surface area contributed by atoms with Crippen molar-refractivity contribution in [3.8, 4) is 22.6 Å². The number of nitrogens with one attached hydrogen (secondary N) is 1. The van der Waals surface area contributed by atoms with Gasteiger partial charge in [-0.15, -0.1) is 0 Å². The molecule has 4 aromatic heterocycles. The summed E-state index contributed by atoms with van der Waals surface area (Å²) in [4.78, 5) is 29.9. The molecule has 4 heterocycles. The average molecular weight is 428 g/mol. The molecule has 8 nitrogen and oxygen atoms in total. The fourth-order valence-corrected chi connectivity index (χ4v) is 5.57. The molecule has 32 heavy (non-hydrogen) atoms. The van der Waals surface area contributed by atoms with Gasteiger partial charge in [0.05, 0.1) is 11.4 Å². The van der Waals surface area contributed by atoms with Crippen molar-refractivity contribution in [1.82, 2.24) is 29.5 Å². The van der Waals surface area contributed by atoms with Crippen molar-refractivity contribution in [2.24, 2.45) is 11.1 Å². The van der Waals surface area contributed by atoms with Crippen LogP contribution in [0.25, 0.3) is 28.3 Å². The lowest BCUT2D eigenvalue weighted by atomic mass is 9.53. The number of H-pyrrole nitrogens is 1. The molecule has 0 saturated heterocycles. The lowest BCUT2D eigenvalue weighted by Gasteiger charge is -2.51. The van der Waals surface area contributed by atoms with E-state index in [0.29, 0.717) is 0 Å². The number of amides is 1. The molecule has 8 heteroatoms. The number of hydrogen-bond acceptors (Lipinski definition) is 5. The fraction of sp³-hybridized carbons (Fsp3) is 0.375. The molecule has 3 saturated carbocycles. The maximum Gasteiger partial charge on any atom is 0.223 e. The first-order chi connectivity index (χ1) is 15.5. The molecule has 0 radical (unpaired) electrons. The molecule has 0 aromatic carbocycles. The van der Waals surface area contributed by atoms with Gasteiger partial charge in [0.15, 0.2) is 5.65 Å². The number of fused-ring (bicyclic) bond motifs is 4. The van der Waals surface area contributed by atoms with E-state index in [9.17, 15) is 4.79 Å². The zero-order valence-corrected chi connectivity index (χ0v) is 18.0. The quantitative estimate of drug-likeness (QED) is 0.517. The van der Waals surface area contributed by atoms with E-state index in [1.165, 1.54) is 0 Å². The number of nitrogens with zero attached hydrogens (tertiary/aromatic N) is 5. The molecule has 3 fully saturated rings. The second kappa shape index (κ2) is 6.72. The van der Waals surface area contributed by atoms with E-state index in [1.54, 1.807) is 10.8 Å². The summed E-state index contributed by atoms with van der Waals surface area (Å²) >= 11 is 0. The van der Waals surface area contributed by atoms with E-state index in [4.69, 9.17) is 15.7 Å². The van der Waals surface area contributed by atoms with E-state index >= 15 is 0 Å². The van der Waals surface area contributed by atoms with E-state index < -0.39 is 0 Å². The summed E-state index contributed by atoms with van der Waals surface area (Å²) in [5, 5.41) is 4.29. The van der Waals surface area contributed by atoms with Gasteiger partial charge in [-0.05, 0) is 69.7 Å². The first kappa shape index (κ1) is 19.2. The Kier molecular flexibility index (Phi) is 4.02. The molecule has 162 valence electrons. The summed E-state index contributed by atoms with van der Waals surface area (Å²) in [6, 6.07) is 10.00. The van der Waals surface area contributed by atoms with Gasteiger partial charge in [-0.25, -0.2) is 14.5 Å². The highest BCUT2D eigenvalue weighted by Gasteiger charge is 2.53. The van der Waals surface area contributed by atoms with E-state index in [1.807, 2.05) is 43.5 Å². The minimum Gasteiger partial charge on any atom is -0.369 e. The first-order valence-corrected chi connectivity index (χ1v) is 11.1. The van der Waals surface area contributed by atoms with Crippen LogP contribution < -0.4 is 5.73 Å². The highest BCUT2D eigenvalue weighted by atomic mass is 16.1. The van der Waals surface area contributed by atoms with Crippen molar-refractivity contribution in [2.45, 2.75) is 50.9 Å². The molecule has 7 rings (SSSR count). The molecule has 0 spiro atoms. The van der Waals surface area contributed by atoms with Gasteiger partial charge >= 0.3 is 0 Å². The molecule has 0 unspecified atom stereocenters. The highest BCUT2D eigenvalue weighted by Crippen LogP contribution is 2.57. The molecule has 2 bridgehead atoms. The van der Waals surface area contributed by atoms with Crippen molar-refractivity contribution in [1.29, 1.82) is 0 Å². The third-order valence-electron chi connectivity index (χ3n) is 7.67. The predicted molar refractivity (Wildman–Crippen MR) is 120 cm³/mol. The number of aryl methyl sites for hydroxylation is 1. The molecule has 0 aliphatic heterocycles. The summed E-state index contributed by atoms with van der Waals surface area (Å²) in [7, 11) is 0. The Morgan fingerprint density at radius 1 is 1.06 bits per heavy atom. The standard InChI is InChI=1S/C24H25N7O/c1-15-3-2-4-17(28-15)20-19(16-5-6-18-26-14-27-31(18)13-16)29-22(30-20)24-10-7-23(8-11-24,9-12-24)21(25)32/h2-6,13-14H,7-12H2,1H3,(H2,25,32)(H,29,30). The minimum atomic E-state index is -0.323. The smallest absolute Gasteiger partial charge is 0.223 e. The van der Waals surface area contributed by atoms with Crippen LogP contribution in [0.15, 0.2) is 42.9 Å². The lowest BCUT2D eigenvalue weighted by Crippen LogP contribution is -2.50. The van der Waals surface area contributed by atoms with Crippen LogP contribution in [0.3, 0.4) is 0 Å². The second-order valence-corrected chi connectivity index (χ2v) is 9.38. The molecular formula is C24H25N7O. The number of aromatic nitrogens is 6. The van der Waals surface area contributed by atoms with Crippen LogP contribution in [0.4, 0.5) is 0 Å². The molecule has 1 amide bonds. The van der Waals surface area contributed by atoms with Gasteiger partial charge in [-0.2, -0.15) is 5.10 Å². The normalized spacial score (nSPS) is 24.8. The molecule has 0 atom stereocenters. The monoisotopic (exact) mass is 427 g/mol. The number of rotatable bonds is 4. The van der Waals surface area contributed by atoms with Gasteiger partial charge in [-0.3, -0.25) is 9.78 Å². The molecule has 3 aliphatic carbocycles. The zero-order chi connectivity index (χ0) is 21.9. The fourth-order valence-electron chi connectivity index (χ4n) is 5.57. The SMILES string of the molecule is Cc1cccc(-c2nc(C34CCC(C(N)=O)(CC3)CC4)[nH]c2-c2ccc3ncnn3c2)n1. The Labute approximate surface area is 185 Å². The predicted octanol–water partition coefficient (Wildman–Crippen LogP) is 3.57. The van der Waals surface area contributed by atoms with Gasteiger partial charge in [0.2, 0.25) is 5.91 Å². The van der Waals surface area contributed by atoms with Crippen molar-refractivity contribution >= 4 is 11.6 Å². The average Bonchev–Trinajstić information content (AvgIpc) is 3.47. The Hall–Kier alpha value is -3.55. The molecular weight excluding hydrogens is 402 g/mol. The van der Waals surface area contributed by atoms with E-state index in [0.717, 1.165) is 78.3 Å². The van der Waals surface area contributed by atoms with Crippen LogP contribution in [0.1, 0.15) is 50.0 Å². The van der Waals surface area contributed by atoms with Gasteiger partial charge < -0.3 is 10.7 Å². The summed E-state index contributed by atoms with van der Waals surface area (Å²) in [5.74, 6) is 0.846. The largest absolute Gasteiger partial charge is 0.369 e. The Bertz CT molecular complexity index is 1330. The summed E-state index contributed by atoms with van der Waals surface area (Å²) in [6.07, 6.45) is 8.79. The third kappa shape index (κ3) is 2.78. The Morgan fingerprint density at radius 3 is 2.56 bits per heavy atom. The number of aromatic amines is 1. The number of carbonyl (C=O) groups is 1. The maximum atomic E-state index is 12.1. The van der Waals surface area contributed by atoms with Crippen LogP contribution >= 0.6 is 0 Å². The van der Waals surface area contributed by atoms with Crippen LogP contribution in [0.5, 0.6) is 0 Å². The lowest BCUT2D eigenvalue weighted by molar-refractivity contribution is -0.134. The van der Waals surface area contributed by atoms with Crippen LogP contribution in [-0.2, 0) is 10.2 Å². The number of hydrogen-bond donors (Lipinski definition) is 2. The van der Waals surface area contributed by atoms with Crippen LogP contribution in [0, 0.1) is 12.3 Å². The number of pyridine rings is 2. The topological polar surface area (TPSA) is 115 Å².